The summed E-state index contributed by atoms with van der Waals surface area (Å²) >= 11 is 11.7. The number of hydrogen-bond acceptors (Lipinski definition) is 2. The molecule has 0 radical (unpaired) electrons. The van der Waals surface area contributed by atoms with Gasteiger partial charge in [-0.05, 0) is 36.8 Å². The Morgan fingerprint density at radius 3 is 2.37 bits per heavy atom. The van der Waals surface area contributed by atoms with Crippen molar-refractivity contribution >= 4 is 40.5 Å². The maximum atomic E-state index is 12.1. The zero-order valence-electron chi connectivity index (χ0n) is 10.2. The molecule has 19 heavy (non-hydrogen) atoms. The van der Waals surface area contributed by atoms with E-state index < -0.39 is 0 Å². The molecule has 2 rings (SSSR count). The standard InChI is InChI=1S/C14H12Cl2N2O/c1-8-3-2-4-12(17)13(8)18-14(19)9-5-10(15)7-11(16)6-9/h2-7H,17H2,1H3,(H,18,19). The van der Waals surface area contributed by atoms with E-state index in [1.54, 1.807) is 24.3 Å². The molecule has 98 valence electrons. The number of nitrogens with two attached hydrogens (primary N) is 1. The van der Waals surface area contributed by atoms with Gasteiger partial charge < -0.3 is 11.1 Å². The van der Waals surface area contributed by atoms with Gasteiger partial charge in [0.05, 0.1) is 11.4 Å². The van der Waals surface area contributed by atoms with Crippen LogP contribution in [0.25, 0.3) is 0 Å². The summed E-state index contributed by atoms with van der Waals surface area (Å²) in [4.78, 5) is 12.1. The van der Waals surface area contributed by atoms with Crippen LogP contribution in [0.5, 0.6) is 0 Å². The van der Waals surface area contributed by atoms with Gasteiger partial charge in [0, 0.05) is 15.6 Å². The Bertz CT molecular complexity index is 601. The van der Waals surface area contributed by atoms with Gasteiger partial charge >= 0.3 is 0 Å². The van der Waals surface area contributed by atoms with Gasteiger partial charge in [0.25, 0.3) is 5.91 Å². The second-order valence-corrected chi connectivity index (χ2v) is 5.02. The van der Waals surface area contributed by atoms with E-state index in [9.17, 15) is 4.79 Å². The van der Waals surface area contributed by atoms with E-state index >= 15 is 0 Å². The van der Waals surface area contributed by atoms with Crippen LogP contribution >= 0.6 is 23.2 Å². The molecule has 0 saturated heterocycles. The van der Waals surface area contributed by atoms with Gasteiger partial charge in [0.15, 0.2) is 0 Å². The van der Waals surface area contributed by atoms with Crippen molar-refractivity contribution in [1.82, 2.24) is 0 Å². The molecule has 0 aliphatic heterocycles. The Labute approximate surface area is 121 Å². The molecule has 0 aliphatic carbocycles. The number of para-hydroxylation sites is 1. The van der Waals surface area contributed by atoms with Crippen molar-refractivity contribution in [3.05, 3.63) is 57.6 Å². The van der Waals surface area contributed by atoms with Crippen LogP contribution in [0.3, 0.4) is 0 Å². The van der Waals surface area contributed by atoms with Crippen molar-refractivity contribution in [3.63, 3.8) is 0 Å². The molecular weight excluding hydrogens is 283 g/mol. The number of carbonyl (C=O) groups is 1. The number of amides is 1. The fraction of sp³-hybridized carbons (Fsp3) is 0.0714. The van der Waals surface area contributed by atoms with Crippen LogP contribution < -0.4 is 11.1 Å². The molecule has 0 spiro atoms. The van der Waals surface area contributed by atoms with Gasteiger partial charge in [-0.25, -0.2) is 0 Å². The quantitative estimate of drug-likeness (QED) is 0.818. The lowest BCUT2D eigenvalue weighted by molar-refractivity contribution is 0.102. The molecular formula is C14H12Cl2N2O. The van der Waals surface area contributed by atoms with Crippen LogP contribution in [-0.2, 0) is 0 Å². The fourth-order valence-corrected chi connectivity index (χ4v) is 2.26. The van der Waals surface area contributed by atoms with Gasteiger partial charge in [-0.2, -0.15) is 0 Å². The smallest absolute Gasteiger partial charge is 0.255 e. The molecule has 0 atom stereocenters. The third kappa shape index (κ3) is 3.19. The summed E-state index contributed by atoms with van der Waals surface area (Å²) < 4.78 is 0. The molecule has 0 fully saturated rings. The van der Waals surface area contributed by atoms with E-state index in [2.05, 4.69) is 5.32 Å². The van der Waals surface area contributed by atoms with Crippen molar-refractivity contribution in [2.75, 3.05) is 11.1 Å². The van der Waals surface area contributed by atoms with E-state index in [-0.39, 0.29) is 5.91 Å². The molecule has 0 aromatic heterocycles. The molecule has 0 bridgehead atoms. The third-order valence-corrected chi connectivity index (χ3v) is 3.10. The summed E-state index contributed by atoms with van der Waals surface area (Å²) in [6.07, 6.45) is 0. The Kier molecular flexibility index (Phi) is 3.98. The summed E-state index contributed by atoms with van der Waals surface area (Å²) in [5.41, 5.74) is 8.24. The molecule has 3 N–H and O–H groups in total. The molecule has 0 saturated carbocycles. The topological polar surface area (TPSA) is 55.1 Å². The largest absolute Gasteiger partial charge is 0.397 e. The van der Waals surface area contributed by atoms with Crippen LogP contribution in [0, 0.1) is 6.92 Å². The summed E-state index contributed by atoms with van der Waals surface area (Å²) in [6.45, 7) is 1.87. The number of rotatable bonds is 2. The normalized spacial score (nSPS) is 10.3. The van der Waals surface area contributed by atoms with E-state index in [1.165, 1.54) is 0 Å². The molecule has 1 amide bonds. The Hall–Kier alpha value is -1.71. The van der Waals surface area contributed by atoms with Gasteiger partial charge in [-0.15, -0.1) is 0 Å². The first kappa shape index (κ1) is 13.7. The molecule has 2 aromatic carbocycles. The van der Waals surface area contributed by atoms with E-state index in [0.29, 0.717) is 27.0 Å². The average Bonchev–Trinajstić information content (AvgIpc) is 2.32. The third-order valence-electron chi connectivity index (χ3n) is 2.67. The molecule has 0 aliphatic rings. The monoisotopic (exact) mass is 294 g/mol. The lowest BCUT2D eigenvalue weighted by Gasteiger charge is -2.11. The van der Waals surface area contributed by atoms with Crippen LogP contribution in [0.15, 0.2) is 36.4 Å². The number of nitrogens with one attached hydrogen (secondary N) is 1. The number of anilines is 2. The first-order chi connectivity index (χ1) is 8.97. The highest BCUT2D eigenvalue weighted by Crippen LogP contribution is 2.24. The van der Waals surface area contributed by atoms with E-state index in [0.717, 1.165) is 5.56 Å². The van der Waals surface area contributed by atoms with Gasteiger partial charge in [-0.3, -0.25) is 4.79 Å². The number of hydrogen-bond donors (Lipinski definition) is 2. The lowest BCUT2D eigenvalue weighted by Crippen LogP contribution is -2.14. The number of benzene rings is 2. The van der Waals surface area contributed by atoms with E-state index in [4.69, 9.17) is 28.9 Å². The first-order valence-electron chi connectivity index (χ1n) is 5.60. The minimum absolute atomic E-state index is 0.301. The Balaban J connectivity index is 2.31. The van der Waals surface area contributed by atoms with Crippen molar-refractivity contribution in [3.8, 4) is 0 Å². The molecule has 2 aromatic rings. The minimum atomic E-state index is -0.301. The minimum Gasteiger partial charge on any atom is -0.397 e. The van der Waals surface area contributed by atoms with Gasteiger partial charge in [0.2, 0.25) is 0 Å². The molecule has 0 unspecified atom stereocenters. The second kappa shape index (κ2) is 5.51. The SMILES string of the molecule is Cc1cccc(N)c1NC(=O)c1cc(Cl)cc(Cl)c1. The second-order valence-electron chi connectivity index (χ2n) is 4.15. The average molecular weight is 295 g/mol. The van der Waals surface area contributed by atoms with Crippen molar-refractivity contribution in [2.24, 2.45) is 0 Å². The maximum Gasteiger partial charge on any atom is 0.255 e. The molecule has 3 nitrogen and oxygen atoms in total. The zero-order chi connectivity index (χ0) is 14.0. The zero-order valence-corrected chi connectivity index (χ0v) is 11.7. The predicted octanol–water partition coefficient (Wildman–Crippen LogP) is 4.14. The summed E-state index contributed by atoms with van der Waals surface area (Å²) in [7, 11) is 0. The van der Waals surface area contributed by atoms with Gasteiger partial charge in [-0.1, -0.05) is 35.3 Å². The Morgan fingerprint density at radius 1 is 1.16 bits per heavy atom. The summed E-state index contributed by atoms with van der Waals surface area (Å²) in [5.74, 6) is -0.301. The van der Waals surface area contributed by atoms with Crippen molar-refractivity contribution in [1.29, 1.82) is 0 Å². The lowest BCUT2D eigenvalue weighted by atomic mass is 10.1. The van der Waals surface area contributed by atoms with Crippen LogP contribution in [0.4, 0.5) is 11.4 Å². The first-order valence-corrected chi connectivity index (χ1v) is 6.35. The van der Waals surface area contributed by atoms with Crippen LogP contribution in [0.1, 0.15) is 15.9 Å². The highest BCUT2D eigenvalue weighted by molar-refractivity contribution is 6.35. The number of aryl methyl sites for hydroxylation is 1. The summed E-state index contributed by atoms with van der Waals surface area (Å²) in [6, 6.07) is 10.1. The van der Waals surface area contributed by atoms with Crippen molar-refractivity contribution < 1.29 is 4.79 Å². The molecule has 5 heteroatoms. The summed E-state index contributed by atoms with van der Waals surface area (Å²) in [5, 5.41) is 3.59. The maximum absolute atomic E-state index is 12.1. The number of carbonyl (C=O) groups excluding carboxylic acids is 1. The fourth-order valence-electron chi connectivity index (χ4n) is 1.73. The molecule has 0 heterocycles. The van der Waals surface area contributed by atoms with Gasteiger partial charge in [0.1, 0.15) is 0 Å². The van der Waals surface area contributed by atoms with E-state index in [1.807, 2.05) is 19.1 Å². The number of halogens is 2. The highest BCUT2D eigenvalue weighted by atomic mass is 35.5. The van der Waals surface area contributed by atoms with Crippen LogP contribution in [-0.4, -0.2) is 5.91 Å². The Morgan fingerprint density at radius 2 is 1.79 bits per heavy atom. The van der Waals surface area contributed by atoms with Crippen LogP contribution in [0.2, 0.25) is 10.0 Å². The number of nitrogen functional groups attached to an aromatic ring is 1. The predicted molar refractivity (Wildman–Crippen MR) is 80.0 cm³/mol. The van der Waals surface area contributed by atoms with Crippen molar-refractivity contribution in [2.45, 2.75) is 6.92 Å². The highest BCUT2D eigenvalue weighted by Gasteiger charge is 2.11.